The molecule has 2 amide bonds. The molecule has 1 saturated heterocycles. The molecule has 2 aromatic rings. The first-order valence-corrected chi connectivity index (χ1v) is 7.85. The minimum absolute atomic E-state index is 0.0438. The highest BCUT2D eigenvalue weighted by atomic mass is 16.3. The van der Waals surface area contributed by atoms with Gasteiger partial charge in [-0.05, 0) is 44.0 Å². The second kappa shape index (κ2) is 6.35. The van der Waals surface area contributed by atoms with Crippen LogP contribution < -0.4 is 11.3 Å². The monoisotopic (exact) mass is 329 g/mol. The molecule has 0 aromatic carbocycles. The van der Waals surface area contributed by atoms with Gasteiger partial charge in [0.2, 0.25) is 5.91 Å². The van der Waals surface area contributed by atoms with Gasteiger partial charge in [0.25, 0.3) is 11.5 Å². The Morgan fingerprint density at radius 2 is 2.08 bits per heavy atom. The SMILES string of the molecule is C[C@@H]1CC[C@@H](C(N)=O)CN1C(=O)c1ccc(-c2ccco2)[nH]c1=O. The van der Waals surface area contributed by atoms with Gasteiger partial charge in [-0.15, -0.1) is 0 Å². The third-order valence-electron chi connectivity index (χ3n) is 4.47. The van der Waals surface area contributed by atoms with Crippen LogP contribution in [0.1, 0.15) is 30.1 Å². The van der Waals surface area contributed by atoms with Crippen molar-refractivity contribution in [3.8, 4) is 11.5 Å². The minimum Gasteiger partial charge on any atom is -0.463 e. The summed E-state index contributed by atoms with van der Waals surface area (Å²) in [6.07, 6.45) is 2.85. The smallest absolute Gasteiger partial charge is 0.261 e. The van der Waals surface area contributed by atoms with Gasteiger partial charge >= 0.3 is 0 Å². The van der Waals surface area contributed by atoms with E-state index in [1.54, 1.807) is 23.1 Å². The van der Waals surface area contributed by atoms with E-state index < -0.39 is 11.5 Å². The fourth-order valence-corrected chi connectivity index (χ4v) is 2.99. The number of nitrogens with zero attached hydrogens (tertiary/aromatic N) is 1. The van der Waals surface area contributed by atoms with E-state index in [0.29, 0.717) is 24.3 Å². The van der Waals surface area contributed by atoms with E-state index in [4.69, 9.17) is 10.2 Å². The summed E-state index contributed by atoms with van der Waals surface area (Å²) in [6, 6.07) is 6.51. The molecule has 2 atom stereocenters. The zero-order valence-electron chi connectivity index (χ0n) is 13.3. The second-order valence-corrected chi connectivity index (χ2v) is 6.08. The number of rotatable bonds is 3. The van der Waals surface area contributed by atoms with Crippen molar-refractivity contribution in [2.24, 2.45) is 11.7 Å². The third kappa shape index (κ3) is 2.97. The van der Waals surface area contributed by atoms with Gasteiger partial charge in [0.1, 0.15) is 11.3 Å². The molecule has 3 heterocycles. The second-order valence-electron chi connectivity index (χ2n) is 6.08. The molecule has 0 aliphatic carbocycles. The normalized spacial score (nSPS) is 20.8. The first-order chi connectivity index (χ1) is 11.5. The maximum absolute atomic E-state index is 12.7. The van der Waals surface area contributed by atoms with Crippen LogP contribution in [-0.2, 0) is 4.79 Å². The Morgan fingerprint density at radius 3 is 2.71 bits per heavy atom. The molecule has 1 aliphatic rings. The molecule has 1 fully saturated rings. The number of H-pyrrole nitrogens is 1. The Hall–Kier alpha value is -2.83. The van der Waals surface area contributed by atoms with Crippen LogP contribution in [0.2, 0.25) is 0 Å². The average Bonchev–Trinajstić information content (AvgIpc) is 3.09. The molecule has 1 aliphatic heterocycles. The van der Waals surface area contributed by atoms with Crippen molar-refractivity contribution in [3.63, 3.8) is 0 Å². The summed E-state index contributed by atoms with van der Waals surface area (Å²) in [5, 5.41) is 0. The number of likely N-dealkylation sites (tertiary alicyclic amines) is 1. The third-order valence-corrected chi connectivity index (χ3v) is 4.47. The van der Waals surface area contributed by atoms with Gasteiger partial charge in [-0.3, -0.25) is 14.4 Å². The summed E-state index contributed by atoms with van der Waals surface area (Å²) in [4.78, 5) is 40.7. The number of carbonyl (C=O) groups is 2. The standard InChI is InChI=1S/C17H19N3O4/c1-10-4-5-11(15(18)21)9-20(10)17(23)12-6-7-13(19-16(12)22)14-3-2-8-24-14/h2-3,6-8,10-11H,4-5,9H2,1H3,(H2,18,21)(H,19,22)/t10-,11-/m1/s1. The zero-order chi connectivity index (χ0) is 17.3. The number of hydrogen-bond acceptors (Lipinski definition) is 4. The number of piperidine rings is 1. The molecule has 0 radical (unpaired) electrons. The van der Waals surface area contributed by atoms with Gasteiger partial charge in [0.05, 0.1) is 17.9 Å². The van der Waals surface area contributed by atoms with E-state index >= 15 is 0 Å². The maximum atomic E-state index is 12.7. The lowest BCUT2D eigenvalue weighted by molar-refractivity contribution is -0.123. The van der Waals surface area contributed by atoms with Crippen LogP contribution in [0.5, 0.6) is 0 Å². The fourth-order valence-electron chi connectivity index (χ4n) is 2.99. The van der Waals surface area contributed by atoms with Crippen molar-refractivity contribution < 1.29 is 14.0 Å². The van der Waals surface area contributed by atoms with E-state index in [-0.39, 0.29) is 30.0 Å². The van der Waals surface area contributed by atoms with Crippen LogP contribution in [0, 0.1) is 5.92 Å². The Labute approximate surface area is 138 Å². The molecule has 7 nitrogen and oxygen atoms in total. The Morgan fingerprint density at radius 1 is 1.29 bits per heavy atom. The predicted molar refractivity (Wildman–Crippen MR) is 87.2 cm³/mol. The molecule has 0 spiro atoms. The number of aromatic amines is 1. The first-order valence-electron chi connectivity index (χ1n) is 7.85. The molecular formula is C17H19N3O4. The minimum atomic E-state index is -0.484. The lowest BCUT2D eigenvalue weighted by Crippen LogP contribution is -2.49. The zero-order valence-corrected chi connectivity index (χ0v) is 13.3. The van der Waals surface area contributed by atoms with Crippen LogP contribution in [0.3, 0.4) is 0 Å². The van der Waals surface area contributed by atoms with Gasteiger partial charge in [0.15, 0.2) is 0 Å². The lowest BCUT2D eigenvalue weighted by Gasteiger charge is -2.36. The average molecular weight is 329 g/mol. The summed E-state index contributed by atoms with van der Waals surface area (Å²) in [5.74, 6) is -0.652. The fraction of sp³-hybridized carbons (Fsp3) is 0.353. The molecule has 2 aromatic heterocycles. The largest absolute Gasteiger partial charge is 0.463 e. The Bertz CT molecular complexity index is 809. The summed E-state index contributed by atoms with van der Waals surface area (Å²) < 4.78 is 5.23. The number of aromatic nitrogens is 1. The molecule has 24 heavy (non-hydrogen) atoms. The van der Waals surface area contributed by atoms with Gasteiger partial charge in [0, 0.05) is 12.6 Å². The van der Waals surface area contributed by atoms with Crippen molar-refractivity contribution >= 4 is 11.8 Å². The van der Waals surface area contributed by atoms with E-state index in [0.717, 1.165) is 0 Å². The van der Waals surface area contributed by atoms with E-state index in [1.807, 2.05) is 6.92 Å². The molecule has 3 rings (SSSR count). The topological polar surface area (TPSA) is 109 Å². The Balaban J connectivity index is 1.86. The van der Waals surface area contributed by atoms with E-state index in [9.17, 15) is 14.4 Å². The van der Waals surface area contributed by atoms with Gasteiger partial charge in [-0.1, -0.05) is 0 Å². The van der Waals surface area contributed by atoms with Crippen molar-refractivity contribution in [1.82, 2.24) is 9.88 Å². The first kappa shape index (κ1) is 16.0. The summed E-state index contributed by atoms with van der Waals surface area (Å²) in [5.41, 5.74) is 5.43. The highest BCUT2D eigenvalue weighted by molar-refractivity contribution is 5.94. The number of primary amides is 1. The molecule has 3 N–H and O–H groups in total. The van der Waals surface area contributed by atoms with Crippen molar-refractivity contribution in [3.05, 3.63) is 46.4 Å². The van der Waals surface area contributed by atoms with Crippen LogP contribution in [-0.4, -0.2) is 34.3 Å². The molecule has 0 bridgehead atoms. The predicted octanol–water partition coefficient (Wildman–Crippen LogP) is 1.36. The van der Waals surface area contributed by atoms with Gasteiger partial charge in [-0.2, -0.15) is 0 Å². The van der Waals surface area contributed by atoms with Crippen LogP contribution in [0.4, 0.5) is 0 Å². The molecular weight excluding hydrogens is 310 g/mol. The van der Waals surface area contributed by atoms with E-state index in [2.05, 4.69) is 4.98 Å². The highest BCUT2D eigenvalue weighted by Gasteiger charge is 2.33. The van der Waals surface area contributed by atoms with Gasteiger partial charge < -0.3 is 20.0 Å². The quantitative estimate of drug-likeness (QED) is 0.886. The van der Waals surface area contributed by atoms with Crippen molar-refractivity contribution in [1.29, 1.82) is 0 Å². The Kier molecular flexibility index (Phi) is 4.24. The number of pyridine rings is 1. The van der Waals surface area contributed by atoms with Crippen LogP contribution in [0.15, 0.2) is 39.7 Å². The van der Waals surface area contributed by atoms with Crippen molar-refractivity contribution in [2.45, 2.75) is 25.8 Å². The number of nitrogens with one attached hydrogen (secondary N) is 1. The number of nitrogens with two attached hydrogens (primary N) is 1. The number of carbonyl (C=O) groups excluding carboxylic acids is 2. The number of hydrogen-bond donors (Lipinski definition) is 2. The van der Waals surface area contributed by atoms with Crippen LogP contribution >= 0.6 is 0 Å². The molecule has 0 unspecified atom stereocenters. The molecule has 7 heteroatoms. The lowest BCUT2D eigenvalue weighted by atomic mass is 9.92. The maximum Gasteiger partial charge on any atom is 0.261 e. The summed E-state index contributed by atoms with van der Waals surface area (Å²) in [7, 11) is 0. The summed E-state index contributed by atoms with van der Waals surface area (Å²) in [6.45, 7) is 2.15. The molecule has 0 saturated carbocycles. The van der Waals surface area contributed by atoms with E-state index in [1.165, 1.54) is 12.3 Å². The highest BCUT2D eigenvalue weighted by Crippen LogP contribution is 2.23. The van der Waals surface area contributed by atoms with Gasteiger partial charge in [-0.25, -0.2) is 0 Å². The number of amides is 2. The summed E-state index contributed by atoms with van der Waals surface area (Å²) >= 11 is 0. The molecule has 126 valence electrons. The van der Waals surface area contributed by atoms with Crippen LogP contribution in [0.25, 0.3) is 11.5 Å². The number of furan rings is 1. The van der Waals surface area contributed by atoms with Crippen molar-refractivity contribution in [2.75, 3.05) is 6.54 Å².